The quantitative estimate of drug-likeness (QED) is 0.235. The summed E-state index contributed by atoms with van der Waals surface area (Å²) in [7, 11) is 0. The minimum atomic E-state index is -0.755. The normalized spacial score (nSPS) is 11.5. The maximum atomic E-state index is 11.5. The Morgan fingerprint density at radius 1 is 1.00 bits per heavy atom. The second-order valence-electron chi connectivity index (χ2n) is 4.97. The fraction of sp³-hybridized carbons (Fsp3) is 0.857. The molecule has 2 N–H and O–H groups in total. The molecule has 0 aliphatic rings. The summed E-state index contributed by atoms with van der Waals surface area (Å²) in [6.45, 7) is 0.646. The third kappa shape index (κ3) is 18.6. The molecule has 0 saturated heterocycles. The summed E-state index contributed by atoms with van der Waals surface area (Å²) in [5.41, 5.74) is 0. The molecule has 0 aliphatic carbocycles. The van der Waals surface area contributed by atoms with Gasteiger partial charge in [0.05, 0.1) is 0 Å². The van der Waals surface area contributed by atoms with Crippen LogP contribution in [0.25, 0.3) is 0 Å². The number of unbranched alkanes of at least 4 members (excludes halogenated alkanes) is 3. The topological polar surface area (TPSA) is 66.4 Å². The average Bonchev–Trinajstić information content (AvgIpc) is 2.39. The van der Waals surface area contributed by atoms with E-state index in [0.717, 1.165) is 44.3 Å². The van der Waals surface area contributed by atoms with E-state index >= 15 is 0 Å². The van der Waals surface area contributed by atoms with Gasteiger partial charge in [0.15, 0.2) is 0 Å². The van der Waals surface area contributed by atoms with E-state index in [1.165, 1.54) is 0 Å². The molecule has 0 spiro atoms. The molecule has 0 radical (unpaired) electrons. The van der Waals surface area contributed by atoms with Crippen LogP contribution >= 0.6 is 25.3 Å². The van der Waals surface area contributed by atoms with Crippen molar-refractivity contribution in [2.24, 2.45) is 0 Å². The molecule has 1 amide bonds. The number of rotatable bonds is 13. The van der Waals surface area contributed by atoms with Crippen molar-refractivity contribution >= 4 is 66.7 Å². The molecule has 21 heavy (non-hydrogen) atoms. The molecule has 7 heteroatoms. The standard InChI is InChI=1S/C14H27NO3S2.Na.H/c16-13(7-4-3-6-12(20)9-11-19)15-10-5-1-2-8-14(17)18;;/h12,19-20H,1-11H2,(H,15,16)(H,17,18);;. The fourth-order valence-electron chi connectivity index (χ4n) is 1.85. The Labute approximate surface area is 161 Å². The minimum absolute atomic E-state index is 0. The zero-order valence-corrected chi connectivity index (χ0v) is 13.8. The van der Waals surface area contributed by atoms with Crippen molar-refractivity contribution < 1.29 is 14.7 Å². The monoisotopic (exact) mass is 345 g/mol. The third-order valence-electron chi connectivity index (χ3n) is 3.04. The Kier molecular flexibility index (Phi) is 19.3. The predicted molar refractivity (Wildman–Crippen MR) is 96.0 cm³/mol. The van der Waals surface area contributed by atoms with Crippen molar-refractivity contribution in [1.29, 1.82) is 0 Å². The Morgan fingerprint density at radius 2 is 1.67 bits per heavy atom. The Bertz CT molecular complexity index is 281. The van der Waals surface area contributed by atoms with Crippen molar-refractivity contribution in [1.82, 2.24) is 5.32 Å². The molecule has 0 aromatic carbocycles. The maximum absolute atomic E-state index is 11.5. The Hall–Kier alpha value is 0.640. The van der Waals surface area contributed by atoms with Crippen LogP contribution in [0.4, 0.5) is 0 Å². The molecule has 1 atom stereocenters. The van der Waals surface area contributed by atoms with Gasteiger partial charge in [-0.15, -0.1) is 0 Å². The van der Waals surface area contributed by atoms with E-state index in [1.54, 1.807) is 0 Å². The number of carbonyl (C=O) groups is 2. The second-order valence-corrected chi connectivity index (χ2v) is 6.14. The Balaban J connectivity index is 0. The van der Waals surface area contributed by atoms with E-state index in [1.807, 2.05) is 0 Å². The van der Waals surface area contributed by atoms with E-state index in [2.05, 4.69) is 30.6 Å². The molecule has 0 rings (SSSR count). The molecule has 4 nitrogen and oxygen atoms in total. The SMILES string of the molecule is O=C(O)CCCCCNC(=O)CCCCC(S)CCS.[NaH]. The molecule has 120 valence electrons. The molecule has 0 aromatic heterocycles. The first-order valence-corrected chi connectivity index (χ1v) is 8.48. The van der Waals surface area contributed by atoms with E-state index < -0.39 is 5.97 Å². The molecular weight excluding hydrogens is 317 g/mol. The van der Waals surface area contributed by atoms with Crippen LogP contribution < -0.4 is 5.32 Å². The van der Waals surface area contributed by atoms with Crippen LogP contribution in [0.15, 0.2) is 0 Å². The molecule has 0 aromatic rings. The number of aliphatic carboxylic acids is 1. The number of hydrogen-bond acceptors (Lipinski definition) is 4. The van der Waals surface area contributed by atoms with Gasteiger partial charge in [-0.05, 0) is 37.9 Å². The van der Waals surface area contributed by atoms with Gasteiger partial charge in [0.25, 0.3) is 0 Å². The van der Waals surface area contributed by atoms with Crippen LogP contribution in [0.2, 0.25) is 0 Å². The first-order chi connectivity index (χ1) is 9.56. The molecular formula is C14H28NNaO3S2. The predicted octanol–water partition coefficient (Wildman–Crippen LogP) is 2.28. The third-order valence-corrected chi connectivity index (χ3v) is 3.82. The molecule has 0 fully saturated rings. The molecule has 1 unspecified atom stereocenters. The average molecular weight is 346 g/mol. The zero-order chi connectivity index (χ0) is 15.2. The summed E-state index contributed by atoms with van der Waals surface area (Å²) >= 11 is 8.61. The summed E-state index contributed by atoms with van der Waals surface area (Å²) in [5.74, 6) is 0.193. The fourth-order valence-corrected chi connectivity index (χ4v) is 2.68. The first-order valence-electron chi connectivity index (χ1n) is 7.33. The zero-order valence-electron chi connectivity index (χ0n) is 12.0. The van der Waals surface area contributed by atoms with Gasteiger partial charge in [0, 0.05) is 24.6 Å². The van der Waals surface area contributed by atoms with Crippen molar-refractivity contribution in [3.05, 3.63) is 0 Å². The number of carboxylic acids is 1. The van der Waals surface area contributed by atoms with Crippen LogP contribution in [0.5, 0.6) is 0 Å². The molecule has 0 bridgehead atoms. The van der Waals surface area contributed by atoms with Crippen LogP contribution in [-0.4, -0.2) is 64.1 Å². The van der Waals surface area contributed by atoms with Crippen LogP contribution in [0.3, 0.4) is 0 Å². The van der Waals surface area contributed by atoms with E-state index in [0.29, 0.717) is 24.6 Å². The van der Waals surface area contributed by atoms with Crippen molar-refractivity contribution in [3.8, 4) is 0 Å². The van der Waals surface area contributed by atoms with Gasteiger partial charge < -0.3 is 10.4 Å². The number of nitrogens with one attached hydrogen (secondary N) is 1. The van der Waals surface area contributed by atoms with Crippen molar-refractivity contribution in [2.75, 3.05) is 12.3 Å². The van der Waals surface area contributed by atoms with Gasteiger partial charge >= 0.3 is 35.5 Å². The van der Waals surface area contributed by atoms with Gasteiger partial charge in [-0.1, -0.05) is 12.8 Å². The van der Waals surface area contributed by atoms with Crippen LogP contribution in [-0.2, 0) is 9.59 Å². The number of hydrogen-bond donors (Lipinski definition) is 4. The van der Waals surface area contributed by atoms with E-state index in [4.69, 9.17) is 5.11 Å². The van der Waals surface area contributed by atoms with Crippen molar-refractivity contribution in [2.45, 2.75) is 63.0 Å². The summed E-state index contributed by atoms with van der Waals surface area (Å²) in [5, 5.41) is 11.7. The molecule has 0 heterocycles. The van der Waals surface area contributed by atoms with E-state index in [9.17, 15) is 9.59 Å². The van der Waals surface area contributed by atoms with Crippen molar-refractivity contribution in [3.63, 3.8) is 0 Å². The first kappa shape index (κ1) is 23.9. The van der Waals surface area contributed by atoms with Gasteiger partial charge in [-0.3, -0.25) is 9.59 Å². The van der Waals surface area contributed by atoms with Gasteiger partial charge in [-0.25, -0.2) is 0 Å². The Morgan fingerprint density at radius 3 is 2.29 bits per heavy atom. The summed E-state index contributed by atoms with van der Waals surface area (Å²) in [6.07, 6.45) is 7.11. The van der Waals surface area contributed by atoms with E-state index in [-0.39, 0.29) is 41.9 Å². The molecule has 0 aliphatic heterocycles. The van der Waals surface area contributed by atoms with Gasteiger partial charge in [-0.2, -0.15) is 25.3 Å². The summed E-state index contributed by atoms with van der Waals surface area (Å²) in [4.78, 5) is 21.8. The number of carbonyl (C=O) groups excluding carboxylic acids is 1. The second kappa shape index (κ2) is 17.0. The number of amides is 1. The molecule has 0 saturated carbocycles. The summed E-state index contributed by atoms with van der Waals surface area (Å²) in [6, 6.07) is 0. The number of carboxylic acid groups (broad SMARTS) is 1. The van der Waals surface area contributed by atoms with Crippen LogP contribution in [0, 0.1) is 0 Å². The van der Waals surface area contributed by atoms with Gasteiger partial charge in [0.1, 0.15) is 0 Å². The van der Waals surface area contributed by atoms with Gasteiger partial charge in [0.2, 0.25) is 5.91 Å². The van der Waals surface area contributed by atoms with Crippen LogP contribution in [0.1, 0.15) is 57.8 Å². The number of thiol groups is 2. The summed E-state index contributed by atoms with van der Waals surface area (Å²) < 4.78 is 0.